The van der Waals surface area contributed by atoms with Gasteiger partial charge in [0, 0.05) is 6.54 Å². The van der Waals surface area contributed by atoms with Crippen LogP contribution < -0.4 is 16.0 Å². The van der Waals surface area contributed by atoms with Crippen molar-refractivity contribution in [3.63, 3.8) is 0 Å². The average molecular weight is 234 g/mol. The highest BCUT2D eigenvalue weighted by Crippen LogP contribution is 2.36. The van der Waals surface area contributed by atoms with Gasteiger partial charge in [-0.1, -0.05) is 19.2 Å². The second-order valence-corrected chi connectivity index (χ2v) is 4.47. The highest BCUT2D eigenvalue weighted by molar-refractivity contribution is 5.76. The molecule has 90 valence electrons. The largest absolute Gasteiger partial charge is 0.480 e. The minimum atomic E-state index is -0.903. The molecule has 6 nitrogen and oxygen atoms in total. The van der Waals surface area contributed by atoms with E-state index in [9.17, 15) is 9.90 Å². The summed E-state index contributed by atoms with van der Waals surface area (Å²) >= 11 is 0. The number of rotatable bonds is 1. The molecule has 3 rings (SSSR count). The van der Waals surface area contributed by atoms with Crippen LogP contribution in [0.5, 0.6) is 0 Å². The molecule has 0 aliphatic carbocycles. The molecule has 2 saturated heterocycles. The van der Waals surface area contributed by atoms with Crippen LogP contribution >= 0.6 is 0 Å². The number of carboxylic acid groups (broad SMARTS) is 1. The molecule has 3 atom stereocenters. The summed E-state index contributed by atoms with van der Waals surface area (Å²) in [6, 6.07) is -1.04. The molecular formula is C11H14N4O2. The molecule has 0 aromatic rings. The normalized spacial score (nSPS) is 38.0. The summed E-state index contributed by atoms with van der Waals surface area (Å²) in [5, 5.41) is 18.5. The van der Waals surface area contributed by atoms with Crippen molar-refractivity contribution >= 4 is 5.97 Å². The molecule has 17 heavy (non-hydrogen) atoms. The first-order valence-electron chi connectivity index (χ1n) is 5.42. The lowest BCUT2D eigenvalue weighted by Crippen LogP contribution is -2.71. The third kappa shape index (κ3) is 1.12. The molecule has 1 spiro atoms. The van der Waals surface area contributed by atoms with Crippen molar-refractivity contribution in [3.05, 3.63) is 37.0 Å². The molecule has 3 aliphatic rings. The maximum Gasteiger partial charge on any atom is 0.328 e. The average Bonchev–Trinajstić information content (AvgIpc) is 2.79. The monoisotopic (exact) mass is 234 g/mol. The van der Waals surface area contributed by atoms with Gasteiger partial charge < -0.3 is 26.0 Å². The Morgan fingerprint density at radius 1 is 1.53 bits per heavy atom. The SMILES string of the molecule is C=C1N[C@H]2[C@H](C(=O)O)NC(=C)N3CC=CC23N1. The predicted octanol–water partition coefficient (Wildman–Crippen LogP) is -0.885. The minimum absolute atomic E-state index is 0.309. The maximum absolute atomic E-state index is 11.3. The molecule has 0 amide bonds. The summed E-state index contributed by atoms with van der Waals surface area (Å²) in [5.74, 6) is 0.344. The molecule has 0 bridgehead atoms. The van der Waals surface area contributed by atoms with Crippen LogP contribution in [0.3, 0.4) is 0 Å². The molecule has 6 heteroatoms. The number of carboxylic acids is 1. The molecule has 1 unspecified atom stereocenters. The Labute approximate surface area is 98.7 Å². The molecule has 2 fully saturated rings. The molecule has 3 aliphatic heterocycles. The lowest BCUT2D eigenvalue weighted by atomic mass is 9.92. The Kier molecular flexibility index (Phi) is 1.76. The minimum Gasteiger partial charge on any atom is -0.480 e. The smallest absolute Gasteiger partial charge is 0.328 e. The maximum atomic E-state index is 11.3. The topological polar surface area (TPSA) is 76.6 Å². The standard InChI is InChI=1S/C11H14N4O2/c1-6-12-9-8(10(16)17)13-7(2)15-5-3-4-11(9,15)14-6/h3-4,8-9,12-14H,1-2,5H2,(H,16,17)/t8-,9+,11?/m1/s1. The Balaban J connectivity index is 2.07. The van der Waals surface area contributed by atoms with Gasteiger partial charge in [0.2, 0.25) is 0 Å². The van der Waals surface area contributed by atoms with Crippen molar-refractivity contribution in [2.24, 2.45) is 0 Å². The Morgan fingerprint density at radius 2 is 2.29 bits per heavy atom. The zero-order valence-electron chi connectivity index (χ0n) is 9.23. The predicted molar refractivity (Wildman–Crippen MR) is 61.5 cm³/mol. The van der Waals surface area contributed by atoms with E-state index in [1.54, 1.807) is 0 Å². The van der Waals surface area contributed by atoms with Gasteiger partial charge in [-0.25, -0.2) is 4.79 Å². The lowest BCUT2D eigenvalue weighted by Gasteiger charge is -2.47. The Morgan fingerprint density at radius 3 is 3.00 bits per heavy atom. The summed E-state index contributed by atoms with van der Waals surface area (Å²) < 4.78 is 0. The molecule has 4 N–H and O–H groups in total. The van der Waals surface area contributed by atoms with Crippen LogP contribution in [-0.4, -0.2) is 40.3 Å². The zero-order valence-corrected chi connectivity index (χ0v) is 9.23. The highest BCUT2D eigenvalue weighted by Gasteiger charge is 2.57. The van der Waals surface area contributed by atoms with E-state index < -0.39 is 17.7 Å². The molecular weight excluding hydrogens is 220 g/mol. The summed E-state index contributed by atoms with van der Waals surface area (Å²) in [4.78, 5) is 13.3. The molecule has 0 aromatic carbocycles. The Hall–Kier alpha value is -2.11. The first-order valence-corrected chi connectivity index (χ1v) is 5.42. The van der Waals surface area contributed by atoms with Gasteiger partial charge in [-0.15, -0.1) is 0 Å². The van der Waals surface area contributed by atoms with Crippen LogP contribution in [-0.2, 0) is 4.79 Å². The van der Waals surface area contributed by atoms with Crippen molar-refractivity contribution in [1.82, 2.24) is 20.9 Å². The van der Waals surface area contributed by atoms with Crippen molar-refractivity contribution < 1.29 is 9.90 Å². The van der Waals surface area contributed by atoms with Crippen molar-refractivity contribution in [3.8, 4) is 0 Å². The second kappa shape index (κ2) is 2.97. The van der Waals surface area contributed by atoms with Crippen LogP contribution in [0, 0.1) is 0 Å². The van der Waals surface area contributed by atoms with Crippen LogP contribution in [0.2, 0.25) is 0 Å². The first-order chi connectivity index (χ1) is 8.04. The van der Waals surface area contributed by atoms with Crippen molar-refractivity contribution in [2.45, 2.75) is 17.7 Å². The summed E-state index contributed by atoms with van der Waals surface area (Å²) in [6.07, 6.45) is 3.97. The number of aliphatic carboxylic acids is 1. The van der Waals surface area contributed by atoms with Crippen LogP contribution in [0.4, 0.5) is 0 Å². The number of carbonyl (C=O) groups is 1. The fraction of sp³-hybridized carbons (Fsp3) is 0.364. The van der Waals surface area contributed by atoms with E-state index in [1.807, 2.05) is 17.1 Å². The van der Waals surface area contributed by atoms with Crippen LogP contribution in [0.25, 0.3) is 0 Å². The van der Waals surface area contributed by atoms with Gasteiger partial charge in [-0.05, 0) is 6.08 Å². The molecule has 0 aromatic heterocycles. The van der Waals surface area contributed by atoms with Gasteiger partial charge >= 0.3 is 5.97 Å². The van der Waals surface area contributed by atoms with Gasteiger partial charge in [-0.3, -0.25) is 0 Å². The van der Waals surface area contributed by atoms with E-state index in [-0.39, 0.29) is 6.04 Å². The fourth-order valence-electron chi connectivity index (χ4n) is 2.83. The van der Waals surface area contributed by atoms with E-state index in [0.717, 1.165) is 0 Å². The fourth-order valence-corrected chi connectivity index (χ4v) is 2.83. The summed E-state index contributed by atoms with van der Waals surface area (Å²) in [5.41, 5.74) is -0.553. The summed E-state index contributed by atoms with van der Waals surface area (Å²) in [6.45, 7) is 8.41. The van der Waals surface area contributed by atoms with E-state index in [4.69, 9.17) is 0 Å². The Bertz CT molecular complexity index is 456. The zero-order chi connectivity index (χ0) is 12.2. The second-order valence-electron chi connectivity index (χ2n) is 4.47. The van der Waals surface area contributed by atoms with Gasteiger partial charge in [-0.2, -0.15) is 0 Å². The van der Waals surface area contributed by atoms with Gasteiger partial charge in [0.25, 0.3) is 0 Å². The van der Waals surface area contributed by atoms with E-state index in [2.05, 4.69) is 29.1 Å². The third-order valence-electron chi connectivity index (χ3n) is 3.51. The van der Waals surface area contributed by atoms with Gasteiger partial charge in [0.05, 0.1) is 11.6 Å². The third-order valence-corrected chi connectivity index (χ3v) is 3.51. The number of nitrogens with one attached hydrogen (secondary N) is 3. The quantitative estimate of drug-likeness (QED) is 0.441. The highest BCUT2D eigenvalue weighted by atomic mass is 16.4. The lowest BCUT2D eigenvalue weighted by molar-refractivity contribution is -0.142. The van der Waals surface area contributed by atoms with Gasteiger partial charge in [0.15, 0.2) is 11.7 Å². The number of hydrogen-bond acceptors (Lipinski definition) is 5. The number of nitrogens with zero attached hydrogens (tertiary/aromatic N) is 1. The van der Waals surface area contributed by atoms with Crippen molar-refractivity contribution in [2.75, 3.05) is 6.54 Å². The van der Waals surface area contributed by atoms with E-state index in [1.165, 1.54) is 0 Å². The van der Waals surface area contributed by atoms with E-state index >= 15 is 0 Å². The first kappa shape index (κ1) is 10.1. The van der Waals surface area contributed by atoms with Gasteiger partial charge in [0.1, 0.15) is 6.04 Å². The molecule has 3 heterocycles. The van der Waals surface area contributed by atoms with E-state index in [0.29, 0.717) is 18.2 Å². The van der Waals surface area contributed by atoms with Crippen LogP contribution in [0.1, 0.15) is 0 Å². The van der Waals surface area contributed by atoms with Crippen molar-refractivity contribution in [1.29, 1.82) is 0 Å². The molecule has 0 saturated carbocycles. The number of hydrogen-bond donors (Lipinski definition) is 4. The van der Waals surface area contributed by atoms with Crippen LogP contribution in [0.15, 0.2) is 37.0 Å². The summed E-state index contributed by atoms with van der Waals surface area (Å²) in [7, 11) is 0. The molecule has 0 radical (unpaired) electrons.